The molecule has 2 rings (SSSR count). The summed E-state index contributed by atoms with van der Waals surface area (Å²) in [4.78, 5) is 0. The maximum atomic E-state index is 13.2. The Hall–Kier alpha value is -0.410. The number of aliphatic hydroxyl groups is 1. The SMILES string of the molecule is CC1CCC(O)(Cc2cc(F)cc(Br)c2)C1. The van der Waals surface area contributed by atoms with E-state index in [4.69, 9.17) is 0 Å². The minimum absolute atomic E-state index is 0.251. The van der Waals surface area contributed by atoms with Crippen molar-refractivity contribution in [3.8, 4) is 0 Å². The lowest BCUT2D eigenvalue weighted by atomic mass is 9.92. The fourth-order valence-electron chi connectivity index (χ4n) is 2.62. The average Bonchev–Trinajstić information content (AvgIpc) is 2.43. The van der Waals surface area contributed by atoms with Crippen LogP contribution in [0.2, 0.25) is 0 Å². The van der Waals surface area contributed by atoms with Crippen LogP contribution in [0, 0.1) is 11.7 Å². The van der Waals surface area contributed by atoms with Gasteiger partial charge in [0.15, 0.2) is 0 Å². The second kappa shape index (κ2) is 4.46. The first-order chi connectivity index (χ1) is 7.47. The third-order valence-electron chi connectivity index (χ3n) is 3.29. The first kappa shape index (κ1) is 12.1. The molecule has 16 heavy (non-hydrogen) atoms. The van der Waals surface area contributed by atoms with E-state index in [1.807, 2.05) is 6.07 Å². The van der Waals surface area contributed by atoms with Crippen LogP contribution in [-0.2, 0) is 6.42 Å². The largest absolute Gasteiger partial charge is 0.390 e. The van der Waals surface area contributed by atoms with E-state index in [0.717, 1.165) is 29.3 Å². The van der Waals surface area contributed by atoms with E-state index < -0.39 is 5.60 Å². The molecule has 0 saturated heterocycles. The molecule has 0 amide bonds. The Bertz CT molecular complexity index is 373. The molecule has 1 aromatic rings. The lowest BCUT2D eigenvalue weighted by molar-refractivity contribution is 0.0445. The van der Waals surface area contributed by atoms with Crippen molar-refractivity contribution in [3.05, 3.63) is 34.1 Å². The van der Waals surface area contributed by atoms with Gasteiger partial charge in [-0.15, -0.1) is 0 Å². The van der Waals surface area contributed by atoms with Crippen LogP contribution in [0.5, 0.6) is 0 Å². The van der Waals surface area contributed by atoms with Crippen LogP contribution in [0.15, 0.2) is 22.7 Å². The molecule has 0 aliphatic heterocycles. The third kappa shape index (κ3) is 2.83. The average molecular weight is 287 g/mol. The van der Waals surface area contributed by atoms with E-state index in [2.05, 4.69) is 22.9 Å². The van der Waals surface area contributed by atoms with Gasteiger partial charge in [-0.3, -0.25) is 0 Å². The Morgan fingerprint density at radius 3 is 2.81 bits per heavy atom. The van der Waals surface area contributed by atoms with Crippen LogP contribution in [-0.4, -0.2) is 10.7 Å². The van der Waals surface area contributed by atoms with Gasteiger partial charge in [0.25, 0.3) is 0 Å². The third-order valence-corrected chi connectivity index (χ3v) is 3.74. The van der Waals surface area contributed by atoms with E-state index in [1.54, 1.807) is 0 Å². The van der Waals surface area contributed by atoms with Crippen molar-refractivity contribution >= 4 is 15.9 Å². The summed E-state index contributed by atoms with van der Waals surface area (Å²) in [6.45, 7) is 2.15. The fraction of sp³-hybridized carbons (Fsp3) is 0.538. The highest BCUT2D eigenvalue weighted by Crippen LogP contribution is 2.36. The monoisotopic (exact) mass is 286 g/mol. The number of rotatable bonds is 2. The highest BCUT2D eigenvalue weighted by molar-refractivity contribution is 9.10. The molecule has 0 spiro atoms. The molecule has 1 aromatic carbocycles. The minimum Gasteiger partial charge on any atom is -0.390 e. The van der Waals surface area contributed by atoms with E-state index >= 15 is 0 Å². The van der Waals surface area contributed by atoms with E-state index in [9.17, 15) is 9.50 Å². The van der Waals surface area contributed by atoms with Crippen molar-refractivity contribution < 1.29 is 9.50 Å². The predicted molar refractivity (Wildman–Crippen MR) is 65.8 cm³/mol. The summed E-state index contributed by atoms with van der Waals surface area (Å²) in [6.07, 6.45) is 3.25. The molecule has 0 heterocycles. The Morgan fingerprint density at radius 2 is 2.25 bits per heavy atom. The summed E-state index contributed by atoms with van der Waals surface area (Å²) < 4.78 is 13.9. The summed E-state index contributed by atoms with van der Waals surface area (Å²) in [5.74, 6) is 0.320. The van der Waals surface area contributed by atoms with E-state index in [1.165, 1.54) is 12.1 Å². The Balaban J connectivity index is 2.14. The maximum Gasteiger partial charge on any atom is 0.124 e. The van der Waals surface area contributed by atoms with Gasteiger partial charge in [-0.05, 0) is 48.9 Å². The molecule has 0 aromatic heterocycles. The second-order valence-corrected chi connectivity index (χ2v) is 5.94. The lowest BCUT2D eigenvalue weighted by Gasteiger charge is -2.22. The number of hydrogen-bond donors (Lipinski definition) is 1. The molecular formula is C13H16BrFO. The first-order valence-electron chi connectivity index (χ1n) is 5.64. The lowest BCUT2D eigenvalue weighted by Crippen LogP contribution is -2.27. The first-order valence-corrected chi connectivity index (χ1v) is 6.43. The van der Waals surface area contributed by atoms with Gasteiger partial charge in [-0.1, -0.05) is 22.9 Å². The van der Waals surface area contributed by atoms with Crippen LogP contribution in [0.25, 0.3) is 0 Å². The molecular weight excluding hydrogens is 271 g/mol. The number of halogens is 2. The van der Waals surface area contributed by atoms with Crippen molar-refractivity contribution in [1.82, 2.24) is 0 Å². The normalized spacial score (nSPS) is 29.6. The maximum absolute atomic E-state index is 13.2. The molecule has 88 valence electrons. The smallest absolute Gasteiger partial charge is 0.124 e. The van der Waals surface area contributed by atoms with Crippen molar-refractivity contribution in [2.24, 2.45) is 5.92 Å². The van der Waals surface area contributed by atoms with Gasteiger partial charge in [-0.25, -0.2) is 4.39 Å². The van der Waals surface area contributed by atoms with Crippen LogP contribution < -0.4 is 0 Å². The van der Waals surface area contributed by atoms with Crippen molar-refractivity contribution in [2.75, 3.05) is 0 Å². The van der Waals surface area contributed by atoms with Gasteiger partial charge in [0.1, 0.15) is 5.82 Å². The zero-order valence-electron chi connectivity index (χ0n) is 9.34. The molecule has 1 aliphatic rings. The van der Waals surface area contributed by atoms with Crippen LogP contribution in [0.4, 0.5) is 4.39 Å². The highest BCUT2D eigenvalue weighted by Gasteiger charge is 2.35. The van der Waals surface area contributed by atoms with Crippen LogP contribution >= 0.6 is 15.9 Å². The highest BCUT2D eigenvalue weighted by atomic mass is 79.9. The summed E-state index contributed by atoms with van der Waals surface area (Å²) in [5, 5.41) is 10.4. The topological polar surface area (TPSA) is 20.2 Å². The van der Waals surface area contributed by atoms with Gasteiger partial charge in [0.2, 0.25) is 0 Å². The quantitative estimate of drug-likeness (QED) is 0.879. The van der Waals surface area contributed by atoms with Gasteiger partial charge in [0.05, 0.1) is 5.60 Å². The molecule has 2 unspecified atom stereocenters. The summed E-state index contributed by atoms with van der Waals surface area (Å²) >= 11 is 3.27. The van der Waals surface area contributed by atoms with Crippen molar-refractivity contribution in [2.45, 2.75) is 38.2 Å². The molecule has 2 atom stereocenters. The Labute approximate surface area is 104 Å². The minimum atomic E-state index is -0.632. The van der Waals surface area contributed by atoms with Crippen LogP contribution in [0.1, 0.15) is 31.7 Å². The molecule has 1 saturated carbocycles. The second-order valence-electron chi connectivity index (χ2n) is 5.03. The standard InChI is InChI=1S/C13H16BrFO/c1-9-2-3-13(16,7-9)8-10-4-11(14)6-12(15)5-10/h4-6,9,16H,2-3,7-8H2,1H3. The summed E-state index contributed by atoms with van der Waals surface area (Å²) in [6, 6.07) is 4.82. The number of hydrogen-bond acceptors (Lipinski definition) is 1. The van der Waals surface area contributed by atoms with Crippen molar-refractivity contribution in [3.63, 3.8) is 0 Å². The van der Waals surface area contributed by atoms with Crippen molar-refractivity contribution in [1.29, 1.82) is 0 Å². The van der Waals surface area contributed by atoms with E-state index in [0.29, 0.717) is 12.3 Å². The summed E-state index contributed by atoms with van der Waals surface area (Å²) in [7, 11) is 0. The zero-order valence-corrected chi connectivity index (χ0v) is 10.9. The molecule has 0 radical (unpaired) electrons. The van der Waals surface area contributed by atoms with Gasteiger partial charge >= 0.3 is 0 Å². The van der Waals surface area contributed by atoms with Gasteiger partial charge in [-0.2, -0.15) is 0 Å². The van der Waals surface area contributed by atoms with Crippen LogP contribution in [0.3, 0.4) is 0 Å². The fourth-order valence-corrected chi connectivity index (χ4v) is 3.13. The Kier molecular flexibility index (Phi) is 3.36. The molecule has 3 heteroatoms. The molecule has 0 bridgehead atoms. The number of benzene rings is 1. The summed E-state index contributed by atoms with van der Waals surface area (Å²) in [5.41, 5.74) is 0.232. The van der Waals surface area contributed by atoms with Gasteiger partial charge < -0.3 is 5.11 Å². The molecule has 1 N–H and O–H groups in total. The van der Waals surface area contributed by atoms with Gasteiger partial charge in [0, 0.05) is 10.9 Å². The molecule has 1 nitrogen and oxygen atoms in total. The molecule has 1 aliphatic carbocycles. The Morgan fingerprint density at radius 1 is 1.50 bits per heavy atom. The predicted octanol–water partition coefficient (Wildman–Crippen LogP) is 3.68. The molecule has 1 fully saturated rings. The van der Waals surface area contributed by atoms with E-state index in [-0.39, 0.29) is 5.82 Å². The zero-order chi connectivity index (χ0) is 11.8.